The third-order valence-electron chi connectivity index (χ3n) is 4.79. The molecule has 1 aliphatic heterocycles. The second-order valence-corrected chi connectivity index (χ2v) is 6.20. The highest BCUT2D eigenvalue weighted by Gasteiger charge is 2.44. The summed E-state index contributed by atoms with van der Waals surface area (Å²) in [5.41, 5.74) is 3.35. The summed E-state index contributed by atoms with van der Waals surface area (Å²) in [7, 11) is 0. The van der Waals surface area contributed by atoms with E-state index in [2.05, 4.69) is 31.2 Å². The van der Waals surface area contributed by atoms with E-state index in [0.717, 1.165) is 25.4 Å². The van der Waals surface area contributed by atoms with Gasteiger partial charge in [0.05, 0.1) is 0 Å². The summed E-state index contributed by atoms with van der Waals surface area (Å²) in [5, 5.41) is 0. The zero-order chi connectivity index (χ0) is 12.6. The lowest BCUT2D eigenvalue weighted by Gasteiger charge is -2.52. The first kappa shape index (κ1) is 11.8. The lowest BCUT2D eigenvalue weighted by atomic mass is 9.65. The number of benzene rings is 1. The van der Waals surface area contributed by atoms with Crippen LogP contribution in [-0.2, 0) is 4.79 Å². The van der Waals surface area contributed by atoms with Gasteiger partial charge >= 0.3 is 0 Å². The molecule has 2 nitrogen and oxygen atoms in total. The maximum atomic E-state index is 10.7. The third-order valence-corrected chi connectivity index (χ3v) is 4.79. The molecule has 0 N–H and O–H groups in total. The Morgan fingerprint density at radius 2 is 2.00 bits per heavy atom. The summed E-state index contributed by atoms with van der Waals surface area (Å²) >= 11 is 0. The van der Waals surface area contributed by atoms with Gasteiger partial charge in [-0.2, -0.15) is 0 Å². The maximum absolute atomic E-state index is 10.7. The zero-order valence-electron chi connectivity index (χ0n) is 11.1. The Morgan fingerprint density at radius 1 is 1.28 bits per heavy atom. The number of carbonyl (C=O) groups excluding carboxylic acids is 1. The van der Waals surface area contributed by atoms with Crippen LogP contribution in [0.3, 0.4) is 0 Å². The fourth-order valence-electron chi connectivity index (χ4n) is 3.69. The average Bonchev–Trinajstić information content (AvgIpc) is 2.36. The van der Waals surface area contributed by atoms with Gasteiger partial charge in [0.15, 0.2) is 0 Å². The summed E-state index contributed by atoms with van der Waals surface area (Å²) in [6.07, 6.45) is 6.15. The lowest BCUT2D eigenvalue weighted by Crippen LogP contribution is -2.56. The molecule has 3 rings (SSSR count). The van der Waals surface area contributed by atoms with Gasteiger partial charge in [-0.3, -0.25) is 4.79 Å². The predicted octanol–water partition coefficient (Wildman–Crippen LogP) is 3.11. The molecule has 1 spiro atoms. The van der Waals surface area contributed by atoms with Gasteiger partial charge in [0.2, 0.25) is 6.41 Å². The highest BCUT2D eigenvalue weighted by atomic mass is 16.1. The first-order valence-electron chi connectivity index (χ1n) is 6.97. The van der Waals surface area contributed by atoms with Gasteiger partial charge in [-0.1, -0.05) is 29.8 Å². The smallest absolute Gasteiger partial charge is 0.209 e. The maximum Gasteiger partial charge on any atom is 0.209 e. The Balaban J connectivity index is 1.62. The minimum absolute atomic E-state index is 0.473. The molecule has 96 valence electrons. The molecule has 1 aromatic carbocycles. The van der Waals surface area contributed by atoms with Crippen molar-refractivity contribution < 1.29 is 4.79 Å². The van der Waals surface area contributed by atoms with Crippen molar-refractivity contribution in [1.82, 2.24) is 4.90 Å². The minimum Gasteiger partial charge on any atom is -0.344 e. The molecule has 2 fully saturated rings. The van der Waals surface area contributed by atoms with Gasteiger partial charge in [0, 0.05) is 18.5 Å². The Hall–Kier alpha value is -1.31. The number of nitrogens with zero attached hydrogens (tertiary/aromatic N) is 1. The van der Waals surface area contributed by atoms with Gasteiger partial charge in [-0.05, 0) is 44.1 Å². The Labute approximate surface area is 109 Å². The molecule has 0 aromatic heterocycles. The second kappa shape index (κ2) is 4.42. The standard InChI is InChI=1S/C16H21NO/c1-13-3-2-4-15(9-13)14-5-7-16(8-6-14)10-17(11-16)12-18/h2-4,9,12,14H,5-8,10-11H2,1H3. The second-order valence-electron chi connectivity index (χ2n) is 6.20. The Morgan fingerprint density at radius 3 is 2.61 bits per heavy atom. The number of likely N-dealkylation sites (tertiary alicyclic amines) is 1. The molecule has 18 heavy (non-hydrogen) atoms. The van der Waals surface area contributed by atoms with E-state index < -0.39 is 0 Å². The highest BCUT2D eigenvalue weighted by molar-refractivity contribution is 5.49. The van der Waals surface area contributed by atoms with E-state index >= 15 is 0 Å². The van der Waals surface area contributed by atoms with Crippen molar-refractivity contribution >= 4 is 6.41 Å². The first-order valence-corrected chi connectivity index (χ1v) is 6.97. The molecule has 0 bridgehead atoms. The van der Waals surface area contributed by atoms with Crippen molar-refractivity contribution in [2.75, 3.05) is 13.1 Å². The first-order chi connectivity index (χ1) is 8.71. The van der Waals surface area contributed by atoms with Crippen molar-refractivity contribution in [2.24, 2.45) is 5.41 Å². The number of hydrogen-bond acceptors (Lipinski definition) is 1. The van der Waals surface area contributed by atoms with Crippen molar-refractivity contribution in [2.45, 2.75) is 38.5 Å². The molecule has 0 radical (unpaired) electrons. The summed E-state index contributed by atoms with van der Waals surface area (Å²) in [6, 6.07) is 8.95. The van der Waals surface area contributed by atoms with Gasteiger partial charge in [0.25, 0.3) is 0 Å². The summed E-state index contributed by atoms with van der Waals surface area (Å²) in [6.45, 7) is 4.16. The van der Waals surface area contributed by atoms with E-state index in [1.807, 2.05) is 4.90 Å². The third kappa shape index (κ3) is 2.05. The molecule has 1 saturated carbocycles. The van der Waals surface area contributed by atoms with Crippen molar-refractivity contribution in [3.05, 3.63) is 35.4 Å². The molecule has 1 aliphatic carbocycles. The van der Waals surface area contributed by atoms with Crippen LogP contribution in [0.25, 0.3) is 0 Å². The molecular weight excluding hydrogens is 222 g/mol. The normalized spacial score (nSPS) is 22.8. The fraction of sp³-hybridized carbons (Fsp3) is 0.562. The Kier molecular flexibility index (Phi) is 2.89. The van der Waals surface area contributed by atoms with E-state index in [1.165, 1.54) is 36.8 Å². The number of amides is 1. The Bertz CT molecular complexity index is 438. The quantitative estimate of drug-likeness (QED) is 0.731. The van der Waals surface area contributed by atoms with E-state index in [4.69, 9.17) is 0 Å². The van der Waals surface area contributed by atoms with Crippen LogP contribution in [-0.4, -0.2) is 24.4 Å². The molecule has 0 atom stereocenters. The monoisotopic (exact) mass is 243 g/mol. The summed E-state index contributed by atoms with van der Waals surface area (Å²) in [5.74, 6) is 0.737. The number of carbonyl (C=O) groups is 1. The van der Waals surface area contributed by atoms with E-state index in [1.54, 1.807) is 0 Å². The minimum atomic E-state index is 0.473. The number of rotatable bonds is 2. The van der Waals surface area contributed by atoms with E-state index in [9.17, 15) is 4.79 Å². The van der Waals surface area contributed by atoms with E-state index in [-0.39, 0.29) is 0 Å². The van der Waals surface area contributed by atoms with Crippen LogP contribution >= 0.6 is 0 Å². The summed E-state index contributed by atoms with van der Waals surface area (Å²) in [4.78, 5) is 12.6. The summed E-state index contributed by atoms with van der Waals surface area (Å²) < 4.78 is 0. The molecule has 0 unspecified atom stereocenters. The number of aryl methyl sites for hydroxylation is 1. The predicted molar refractivity (Wildman–Crippen MR) is 72.5 cm³/mol. The molecule has 1 amide bonds. The van der Waals surface area contributed by atoms with Crippen molar-refractivity contribution in [1.29, 1.82) is 0 Å². The topological polar surface area (TPSA) is 20.3 Å². The van der Waals surface area contributed by atoms with Gasteiger partial charge in [-0.15, -0.1) is 0 Å². The fourth-order valence-corrected chi connectivity index (χ4v) is 3.69. The van der Waals surface area contributed by atoms with Crippen LogP contribution < -0.4 is 0 Å². The van der Waals surface area contributed by atoms with Gasteiger partial charge < -0.3 is 4.90 Å². The van der Waals surface area contributed by atoms with Crippen LogP contribution in [0.5, 0.6) is 0 Å². The molecule has 1 heterocycles. The zero-order valence-corrected chi connectivity index (χ0v) is 11.1. The van der Waals surface area contributed by atoms with Crippen LogP contribution in [0, 0.1) is 12.3 Å². The average molecular weight is 243 g/mol. The molecular formula is C16H21NO. The molecule has 1 saturated heterocycles. The van der Waals surface area contributed by atoms with Crippen molar-refractivity contribution in [3.8, 4) is 0 Å². The molecule has 2 aliphatic rings. The lowest BCUT2D eigenvalue weighted by molar-refractivity contribution is -0.131. The van der Waals surface area contributed by atoms with Crippen LogP contribution in [0.4, 0.5) is 0 Å². The van der Waals surface area contributed by atoms with Gasteiger partial charge in [-0.25, -0.2) is 0 Å². The molecule has 1 aromatic rings. The number of hydrogen-bond donors (Lipinski definition) is 0. The highest BCUT2D eigenvalue weighted by Crippen LogP contribution is 2.47. The SMILES string of the molecule is Cc1cccc(C2CCC3(CC2)CN(C=O)C3)c1. The molecule has 2 heteroatoms. The van der Waals surface area contributed by atoms with E-state index in [0.29, 0.717) is 5.41 Å². The van der Waals surface area contributed by atoms with Crippen LogP contribution in [0.2, 0.25) is 0 Å². The van der Waals surface area contributed by atoms with Crippen LogP contribution in [0.1, 0.15) is 42.7 Å². The van der Waals surface area contributed by atoms with Crippen molar-refractivity contribution in [3.63, 3.8) is 0 Å². The van der Waals surface area contributed by atoms with Crippen LogP contribution in [0.15, 0.2) is 24.3 Å². The van der Waals surface area contributed by atoms with Gasteiger partial charge in [0.1, 0.15) is 0 Å². The largest absolute Gasteiger partial charge is 0.344 e.